The number of allylic oxidation sites excluding steroid dienone is 1. The normalized spacial score (nSPS) is 13.3. The second-order valence-electron chi connectivity index (χ2n) is 3.61. The lowest BCUT2D eigenvalue weighted by molar-refractivity contribution is 0.614. The molecule has 0 saturated heterocycles. The molecule has 2 heteroatoms. The average Bonchev–Trinajstić information content (AvgIpc) is 2.25. The van der Waals surface area contributed by atoms with Crippen molar-refractivity contribution in [2.24, 2.45) is 0 Å². The van der Waals surface area contributed by atoms with Gasteiger partial charge in [-0.1, -0.05) is 36.4 Å². The Morgan fingerprint density at radius 1 is 1.33 bits per heavy atom. The Bertz CT molecular complexity index is 320. The van der Waals surface area contributed by atoms with Gasteiger partial charge in [-0.25, -0.2) is 0 Å². The van der Waals surface area contributed by atoms with E-state index in [1.54, 1.807) is 0 Å². The van der Waals surface area contributed by atoms with Crippen molar-refractivity contribution in [2.45, 2.75) is 19.9 Å². The lowest BCUT2D eigenvalue weighted by atomic mass is 10.0. The molecule has 1 aromatic carbocycles. The summed E-state index contributed by atoms with van der Waals surface area (Å²) < 4.78 is 0. The second-order valence-corrected chi connectivity index (χ2v) is 3.92. The zero-order valence-electron chi connectivity index (χ0n) is 9.33. The molecule has 0 fully saturated rings. The van der Waals surface area contributed by atoms with Gasteiger partial charge in [0.25, 0.3) is 0 Å². The summed E-state index contributed by atoms with van der Waals surface area (Å²) in [5.74, 6) is 0.584. The summed E-state index contributed by atoms with van der Waals surface area (Å²) in [5, 5.41) is 3.43. The molecule has 0 aliphatic carbocycles. The molecule has 0 bridgehead atoms. The van der Waals surface area contributed by atoms with E-state index in [1.165, 1.54) is 11.1 Å². The number of hydrogen-bond donors (Lipinski definition) is 1. The van der Waals surface area contributed by atoms with Crippen LogP contribution in [-0.2, 0) is 0 Å². The molecule has 15 heavy (non-hydrogen) atoms. The molecule has 0 aromatic heterocycles. The summed E-state index contributed by atoms with van der Waals surface area (Å²) in [6.45, 7) is 5.18. The van der Waals surface area contributed by atoms with E-state index in [0.717, 1.165) is 6.54 Å². The van der Waals surface area contributed by atoms with E-state index < -0.39 is 0 Å². The summed E-state index contributed by atoms with van der Waals surface area (Å²) in [5.41, 5.74) is 2.69. The summed E-state index contributed by atoms with van der Waals surface area (Å²) in [6.07, 6.45) is 4.01. The largest absolute Gasteiger partial charge is 0.307 e. The van der Waals surface area contributed by atoms with Crippen LogP contribution in [0.15, 0.2) is 36.4 Å². The summed E-state index contributed by atoms with van der Waals surface area (Å²) in [4.78, 5) is 0. The third kappa shape index (κ3) is 4.06. The fourth-order valence-corrected chi connectivity index (χ4v) is 1.70. The quantitative estimate of drug-likeness (QED) is 0.596. The Morgan fingerprint density at radius 2 is 2.07 bits per heavy atom. The predicted molar refractivity (Wildman–Crippen MR) is 67.5 cm³/mol. The number of aryl methyl sites for hydroxylation is 1. The van der Waals surface area contributed by atoms with Crippen LogP contribution in [0.5, 0.6) is 0 Å². The van der Waals surface area contributed by atoms with Crippen LogP contribution in [0, 0.1) is 6.92 Å². The maximum absolute atomic E-state index is 5.54. The van der Waals surface area contributed by atoms with Crippen LogP contribution in [0.3, 0.4) is 0 Å². The highest BCUT2D eigenvalue weighted by molar-refractivity contribution is 6.18. The number of hydrogen-bond acceptors (Lipinski definition) is 1. The van der Waals surface area contributed by atoms with Gasteiger partial charge < -0.3 is 5.32 Å². The maximum atomic E-state index is 5.54. The number of benzene rings is 1. The van der Waals surface area contributed by atoms with Gasteiger partial charge in [0.05, 0.1) is 0 Å². The van der Waals surface area contributed by atoms with Crippen LogP contribution in [0.2, 0.25) is 0 Å². The number of alkyl halides is 1. The van der Waals surface area contributed by atoms with Crippen molar-refractivity contribution in [3.8, 4) is 0 Å². The molecule has 1 N–H and O–H groups in total. The smallest absolute Gasteiger partial charge is 0.0404 e. The van der Waals surface area contributed by atoms with Crippen molar-refractivity contribution in [2.75, 3.05) is 12.4 Å². The molecule has 1 rings (SSSR count). The molecular formula is C13H18ClN. The molecule has 1 aromatic rings. The van der Waals surface area contributed by atoms with Crippen LogP contribution in [0.25, 0.3) is 0 Å². The molecule has 0 aliphatic heterocycles. The van der Waals surface area contributed by atoms with E-state index in [9.17, 15) is 0 Å². The minimum absolute atomic E-state index is 0.381. The van der Waals surface area contributed by atoms with Crippen molar-refractivity contribution in [3.05, 3.63) is 47.5 Å². The van der Waals surface area contributed by atoms with Crippen LogP contribution in [0.4, 0.5) is 0 Å². The van der Waals surface area contributed by atoms with E-state index >= 15 is 0 Å². The summed E-state index contributed by atoms with van der Waals surface area (Å²) in [6, 6.07) is 8.83. The standard InChI is InChI=1S/C13H18ClN/c1-11-7-3-4-8-13(11)12(2)15-10-6-5-9-14/h3-8,12,15H,9-10H2,1-2H3/b6-5+/t12-/m0/s1. The molecule has 0 spiro atoms. The topological polar surface area (TPSA) is 12.0 Å². The van der Waals surface area contributed by atoms with Gasteiger partial charge in [0.2, 0.25) is 0 Å². The SMILES string of the molecule is Cc1ccccc1[C@H](C)NC/C=C/CCl. The van der Waals surface area contributed by atoms with Gasteiger partial charge in [0, 0.05) is 18.5 Å². The van der Waals surface area contributed by atoms with Gasteiger partial charge in [0.15, 0.2) is 0 Å². The zero-order chi connectivity index (χ0) is 11.1. The van der Waals surface area contributed by atoms with Crippen LogP contribution >= 0.6 is 11.6 Å². The van der Waals surface area contributed by atoms with Gasteiger partial charge >= 0.3 is 0 Å². The first-order chi connectivity index (χ1) is 7.25. The minimum Gasteiger partial charge on any atom is -0.307 e. The molecular weight excluding hydrogens is 206 g/mol. The van der Waals surface area contributed by atoms with Gasteiger partial charge in [-0.15, -0.1) is 11.6 Å². The van der Waals surface area contributed by atoms with Crippen molar-refractivity contribution in [1.29, 1.82) is 0 Å². The molecule has 1 atom stereocenters. The summed E-state index contributed by atoms with van der Waals surface area (Å²) >= 11 is 5.54. The number of rotatable bonds is 5. The fraction of sp³-hybridized carbons (Fsp3) is 0.385. The monoisotopic (exact) mass is 223 g/mol. The van der Waals surface area contributed by atoms with Crippen LogP contribution in [-0.4, -0.2) is 12.4 Å². The maximum Gasteiger partial charge on any atom is 0.0404 e. The Labute approximate surface area is 97.1 Å². The van der Waals surface area contributed by atoms with E-state index in [1.807, 2.05) is 6.08 Å². The van der Waals surface area contributed by atoms with E-state index in [2.05, 4.69) is 49.5 Å². The summed E-state index contributed by atoms with van der Waals surface area (Å²) in [7, 11) is 0. The Kier molecular flexibility index (Phi) is 5.44. The molecule has 0 amide bonds. The molecule has 1 nitrogen and oxygen atoms in total. The van der Waals surface area contributed by atoms with Crippen LogP contribution in [0.1, 0.15) is 24.1 Å². The van der Waals surface area contributed by atoms with Crippen molar-refractivity contribution in [3.63, 3.8) is 0 Å². The molecule has 0 radical (unpaired) electrons. The third-order valence-corrected chi connectivity index (χ3v) is 2.63. The Hall–Kier alpha value is -0.790. The minimum atomic E-state index is 0.381. The van der Waals surface area contributed by atoms with Gasteiger partial charge in [-0.05, 0) is 25.0 Å². The first-order valence-corrected chi connectivity index (χ1v) is 5.79. The second kappa shape index (κ2) is 6.65. The highest BCUT2D eigenvalue weighted by Crippen LogP contribution is 2.15. The Balaban J connectivity index is 2.50. The van der Waals surface area contributed by atoms with Crippen molar-refractivity contribution in [1.82, 2.24) is 5.32 Å². The first kappa shape index (κ1) is 12.3. The van der Waals surface area contributed by atoms with E-state index in [0.29, 0.717) is 11.9 Å². The molecule has 82 valence electrons. The lowest BCUT2D eigenvalue weighted by Crippen LogP contribution is -2.19. The first-order valence-electron chi connectivity index (χ1n) is 5.25. The predicted octanol–water partition coefficient (Wildman–Crippen LogP) is 3.44. The van der Waals surface area contributed by atoms with Gasteiger partial charge in [-0.3, -0.25) is 0 Å². The van der Waals surface area contributed by atoms with Crippen LogP contribution < -0.4 is 5.32 Å². The number of nitrogens with one attached hydrogen (secondary N) is 1. The fourth-order valence-electron chi connectivity index (χ4n) is 1.57. The zero-order valence-corrected chi connectivity index (χ0v) is 10.1. The lowest BCUT2D eigenvalue weighted by Gasteiger charge is -2.15. The van der Waals surface area contributed by atoms with E-state index in [4.69, 9.17) is 11.6 Å². The number of halogens is 1. The van der Waals surface area contributed by atoms with Crippen molar-refractivity contribution < 1.29 is 0 Å². The highest BCUT2D eigenvalue weighted by atomic mass is 35.5. The van der Waals surface area contributed by atoms with Gasteiger partial charge in [-0.2, -0.15) is 0 Å². The molecule has 0 unspecified atom stereocenters. The molecule has 0 heterocycles. The van der Waals surface area contributed by atoms with E-state index in [-0.39, 0.29) is 0 Å². The molecule has 0 saturated carbocycles. The average molecular weight is 224 g/mol. The van der Waals surface area contributed by atoms with Crippen molar-refractivity contribution >= 4 is 11.6 Å². The van der Waals surface area contributed by atoms with Gasteiger partial charge in [0.1, 0.15) is 0 Å². The highest BCUT2D eigenvalue weighted by Gasteiger charge is 2.04. The molecule has 0 aliphatic rings. The third-order valence-electron chi connectivity index (χ3n) is 2.45. The Morgan fingerprint density at radius 3 is 2.73 bits per heavy atom.